The van der Waals surface area contributed by atoms with Crippen LogP contribution >= 0.6 is 0 Å². The Balaban J connectivity index is 2.85. The number of aliphatic hydroxyl groups excluding tert-OH is 1. The van der Waals surface area contributed by atoms with Crippen molar-refractivity contribution in [1.29, 1.82) is 0 Å². The van der Waals surface area contributed by atoms with Crippen LogP contribution in [-0.2, 0) is 0 Å². The summed E-state index contributed by atoms with van der Waals surface area (Å²) < 4.78 is 18.6. The molecule has 18 heavy (non-hydrogen) atoms. The van der Waals surface area contributed by atoms with Gasteiger partial charge in [-0.25, -0.2) is 4.39 Å². The third-order valence-corrected chi connectivity index (χ3v) is 3.19. The molecule has 0 bridgehead atoms. The number of rotatable bonds is 5. The van der Waals surface area contributed by atoms with E-state index in [1.807, 2.05) is 13.8 Å². The molecule has 102 valence electrons. The second kappa shape index (κ2) is 5.67. The van der Waals surface area contributed by atoms with Crippen LogP contribution in [0.25, 0.3) is 0 Å². The summed E-state index contributed by atoms with van der Waals surface area (Å²) in [6.45, 7) is 7.11. The van der Waals surface area contributed by atoms with Gasteiger partial charge in [0.1, 0.15) is 18.2 Å². The lowest BCUT2D eigenvalue weighted by atomic mass is 9.94. The first-order chi connectivity index (χ1) is 8.24. The van der Waals surface area contributed by atoms with E-state index in [1.54, 1.807) is 13.8 Å². The molecule has 3 nitrogen and oxygen atoms in total. The quantitative estimate of drug-likeness (QED) is 0.851. The smallest absolute Gasteiger partial charge is 0.125 e. The highest BCUT2D eigenvalue weighted by Crippen LogP contribution is 2.27. The van der Waals surface area contributed by atoms with Crippen molar-refractivity contribution in [1.82, 2.24) is 0 Å². The molecular weight excluding hydrogens is 235 g/mol. The highest BCUT2D eigenvalue weighted by molar-refractivity contribution is 5.35. The van der Waals surface area contributed by atoms with Gasteiger partial charge in [0, 0.05) is 5.56 Å². The van der Waals surface area contributed by atoms with Gasteiger partial charge in [0.25, 0.3) is 0 Å². The summed E-state index contributed by atoms with van der Waals surface area (Å²) in [4.78, 5) is 0. The Hall–Kier alpha value is -1.13. The monoisotopic (exact) mass is 256 g/mol. The van der Waals surface area contributed by atoms with E-state index in [2.05, 4.69) is 0 Å². The molecule has 2 unspecified atom stereocenters. The van der Waals surface area contributed by atoms with Gasteiger partial charge in [-0.3, -0.25) is 0 Å². The fourth-order valence-electron chi connectivity index (χ4n) is 1.37. The zero-order valence-electron chi connectivity index (χ0n) is 11.3. The summed E-state index contributed by atoms with van der Waals surface area (Å²) in [5.41, 5.74) is -0.584. The summed E-state index contributed by atoms with van der Waals surface area (Å²) in [5, 5.41) is 19.6. The van der Waals surface area contributed by atoms with Gasteiger partial charge in [0.05, 0.1) is 11.7 Å². The zero-order chi connectivity index (χ0) is 13.9. The predicted molar refractivity (Wildman–Crippen MR) is 68.0 cm³/mol. The summed E-state index contributed by atoms with van der Waals surface area (Å²) in [5.74, 6) is 0.00847. The van der Waals surface area contributed by atoms with E-state index >= 15 is 0 Å². The number of benzene rings is 1. The van der Waals surface area contributed by atoms with Crippen LogP contribution in [0.5, 0.6) is 5.75 Å². The first-order valence-corrected chi connectivity index (χ1v) is 6.06. The molecule has 0 fully saturated rings. The molecule has 0 aromatic heterocycles. The Morgan fingerprint density at radius 3 is 2.44 bits per heavy atom. The molecular formula is C14H21FO3. The summed E-state index contributed by atoms with van der Waals surface area (Å²) >= 11 is 0. The fourth-order valence-corrected chi connectivity index (χ4v) is 1.37. The van der Waals surface area contributed by atoms with Crippen LogP contribution in [0, 0.1) is 11.7 Å². The third-order valence-electron chi connectivity index (χ3n) is 3.19. The third kappa shape index (κ3) is 3.68. The lowest BCUT2D eigenvalue weighted by Gasteiger charge is -2.28. The van der Waals surface area contributed by atoms with Crippen molar-refractivity contribution in [3.05, 3.63) is 29.6 Å². The van der Waals surface area contributed by atoms with Gasteiger partial charge in [0.2, 0.25) is 0 Å². The van der Waals surface area contributed by atoms with Crippen molar-refractivity contribution in [2.75, 3.05) is 6.61 Å². The lowest BCUT2D eigenvalue weighted by Crippen LogP contribution is -2.38. The van der Waals surface area contributed by atoms with Crippen LogP contribution in [0.2, 0.25) is 0 Å². The van der Waals surface area contributed by atoms with Crippen LogP contribution < -0.4 is 4.74 Å². The zero-order valence-corrected chi connectivity index (χ0v) is 11.3. The number of ether oxygens (including phenoxy) is 1. The minimum atomic E-state index is -0.968. The number of hydrogen-bond donors (Lipinski definition) is 2. The molecule has 0 radical (unpaired) electrons. The van der Waals surface area contributed by atoms with E-state index < -0.39 is 17.5 Å². The minimum Gasteiger partial charge on any atom is -0.490 e. The van der Waals surface area contributed by atoms with E-state index in [4.69, 9.17) is 4.74 Å². The standard InChI is InChI=1S/C14H21FO3/c1-9(2)14(4,17)8-18-13-6-5-11(15)7-12(13)10(3)16/h5-7,9-10,16-17H,8H2,1-4H3. The van der Waals surface area contributed by atoms with Crippen LogP contribution in [0.1, 0.15) is 39.4 Å². The molecule has 1 rings (SSSR count). The van der Waals surface area contributed by atoms with E-state index in [1.165, 1.54) is 18.2 Å². The molecule has 2 atom stereocenters. The Labute approximate surface area is 107 Å². The van der Waals surface area contributed by atoms with Gasteiger partial charge < -0.3 is 14.9 Å². The van der Waals surface area contributed by atoms with Crippen molar-refractivity contribution in [3.63, 3.8) is 0 Å². The molecule has 0 amide bonds. The Bertz CT molecular complexity index is 400. The molecule has 1 aromatic rings. The Morgan fingerprint density at radius 1 is 1.33 bits per heavy atom. The first kappa shape index (κ1) is 14.9. The molecule has 0 aliphatic carbocycles. The maximum absolute atomic E-state index is 13.1. The lowest BCUT2D eigenvalue weighted by molar-refractivity contribution is -0.0273. The molecule has 0 aliphatic heterocycles. The number of hydrogen-bond acceptors (Lipinski definition) is 3. The van der Waals surface area contributed by atoms with Gasteiger partial charge in [-0.2, -0.15) is 0 Å². The van der Waals surface area contributed by atoms with E-state index in [0.29, 0.717) is 11.3 Å². The van der Waals surface area contributed by atoms with E-state index in [-0.39, 0.29) is 12.5 Å². The van der Waals surface area contributed by atoms with Gasteiger partial charge in [-0.05, 0) is 38.0 Å². The second-order valence-corrected chi connectivity index (χ2v) is 5.16. The van der Waals surface area contributed by atoms with Gasteiger partial charge >= 0.3 is 0 Å². The maximum atomic E-state index is 13.1. The van der Waals surface area contributed by atoms with Crippen molar-refractivity contribution >= 4 is 0 Å². The summed E-state index contributed by atoms with van der Waals surface area (Å²) in [7, 11) is 0. The topological polar surface area (TPSA) is 49.7 Å². The van der Waals surface area contributed by atoms with E-state index in [0.717, 1.165) is 0 Å². The van der Waals surface area contributed by atoms with E-state index in [9.17, 15) is 14.6 Å². The first-order valence-electron chi connectivity index (χ1n) is 6.06. The maximum Gasteiger partial charge on any atom is 0.125 e. The summed E-state index contributed by atoms with van der Waals surface area (Å²) in [6, 6.07) is 3.98. The molecule has 1 aromatic carbocycles. The van der Waals surface area contributed by atoms with Gasteiger partial charge in [0.15, 0.2) is 0 Å². The fraction of sp³-hybridized carbons (Fsp3) is 0.571. The largest absolute Gasteiger partial charge is 0.490 e. The highest BCUT2D eigenvalue weighted by Gasteiger charge is 2.26. The van der Waals surface area contributed by atoms with Gasteiger partial charge in [-0.1, -0.05) is 13.8 Å². The van der Waals surface area contributed by atoms with Crippen LogP contribution in [0.15, 0.2) is 18.2 Å². The molecule has 0 aliphatic rings. The predicted octanol–water partition coefficient (Wildman–Crippen LogP) is 2.66. The van der Waals surface area contributed by atoms with Crippen LogP contribution in [0.3, 0.4) is 0 Å². The average Bonchev–Trinajstić information content (AvgIpc) is 2.27. The average molecular weight is 256 g/mol. The SMILES string of the molecule is CC(O)c1cc(F)ccc1OCC(C)(O)C(C)C. The molecule has 2 N–H and O–H groups in total. The molecule has 0 saturated carbocycles. The minimum absolute atomic E-state index is 0.0351. The number of aliphatic hydroxyl groups is 2. The van der Waals surface area contributed by atoms with Crippen molar-refractivity contribution in [2.45, 2.75) is 39.4 Å². The highest BCUT2D eigenvalue weighted by atomic mass is 19.1. The molecule has 0 spiro atoms. The normalized spacial score (nSPS) is 16.4. The van der Waals surface area contributed by atoms with Crippen LogP contribution in [0.4, 0.5) is 4.39 Å². The van der Waals surface area contributed by atoms with Crippen LogP contribution in [-0.4, -0.2) is 22.4 Å². The van der Waals surface area contributed by atoms with Crippen molar-refractivity contribution in [2.24, 2.45) is 5.92 Å². The molecule has 0 heterocycles. The second-order valence-electron chi connectivity index (χ2n) is 5.16. The molecule has 4 heteroatoms. The molecule has 0 saturated heterocycles. The Morgan fingerprint density at radius 2 is 1.94 bits per heavy atom. The summed E-state index contributed by atoms with van der Waals surface area (Å²) in [6.07, 6.45) is -0.820. The number of halogens is 1. The van der Waals surface area contributed by atoms with Gasteiger partial charge in [-0.15, -0.1) is 0 Å². The van der Waals surface area contributed by atoms with Crippen molar-refractivity contribution < 1.29 is 19.3 Å². The Kier molecular flexibility index (Phi) is 4.71. The van der Waals surface area contributed by atoms with Crippen molar-refractivity contribution in [3.8, 4) is 5.75 Å².